The Labute approximate surface area is 684 Å². The highest BCUT2D eigenvalue weighted by Crippen LogP contribution is 2.37. The van der Waals surface area contributed by atoms with Gasteiger partial charge in [-0.3, -0.25) is 19.2 Å². The molecular formula is C82H80F10N6O6S2. The average molecular weight is 1550 g/mol. The molecule has 1 unspecified atom stereocenters. The van der Waals surface area contributed by atoms with E-state index in [1.165, 1.54) is 24.3 Å². The van der Waals surface area contributed by atoms with Crippen LogP contribution in [0.25, 0.3) is 44.1 Å². The second-order valence-corrected chi connectivity index (χ2v) is 22.9. The van der Waals surface area contributed by atoms with E-state index in [4.69, 9.17) is 52.0 Å². The number of para-hydroxylation sites is 2. The van der Waals surface area contributed by atoms with E-state index in [-0.39, 0.29) is 28.3 Å². The van der Waals surface area contributed by atoms with E-state index < -0.39 is 388 Å². The van der Waals surface area contributed by atoms with Crippen LogP contribution in [0.15, 0.2) is 207 Å². The molecule has 0 aliphatic carbocycles. The summed E-state index contributed by atoms with van der Waals surface area (Å²) in [6.45, 7) is -40.7. The largest absolute Gasteiger partial charge is 0.416 e. The van der Waals surface area contributed by atoms with Crippen molar-refractivity contribution in [2.45, 2.75) is 111 Å². The summed E-state index contributed by atoms with van der Waals surface area (Å²) < 4.78 is 583. The summed E-state index contributed by atoms with van der Waals surface area (Å²) in [5.41, 5.74) is -24.5. The number of carbonyl (C=O) groups is 2. The number of amides is 2. The highest BCUT2D eigenvalue weighted by atomic mass is 32.2. The molecule has 0 saturated carbocycles. The lowest BCUT2D eigenvalue weighted by Crippen LogP contribution is -2.49. The molecular weight excluding hydrogens is 1420 g/mol. The van der Waals surface area contributed by atoms with Crippen LogP contribution >= 0.6 is 23.5 Å². The molecule has 2 aliphatic rings. The van der Waals surface area contributed by atoms with Gasteiger partial charge in [0.1, 0.15) is 13.0 Å². The van der Waals surface area contributed by atoms with Crippen LogP contribution in [0.3, 0.4) is 0 Å². The summed E-state index contributed by atoms with van der Waals surface area (Å²) in [6, 6.07) is -22.2. The topological polar surface area (TPSA) is 110 Å². The number of carbonyl (C=O) groups excluding carboxylic acids is 2. The summed E-state index contributed by atoms with van der Waals surface area (Å²) >= 11 is -1.05. The fourth-order valence-corrected chi connectivity index (χ4v) is 10.7. The van der Waals surface area contributed by atoms with Crippen LogP contribution in [-0.2, 0) is 62.3 Å². The predicted octanol–water partition coefficient (Wildman–Crippen LogP) is 17.7. The number of nitrogens with zero attached hydrogens (tertiary/aromatic N) is 6. The van der Waals surface area contributed by atoms with Gasteiger partial charge in [-0.05, 0) is 139 Å². The van der Waals surface area contributed by atoms with Gasteiger partial charge < -0.3 is 38.2 Å². The van der Waals surface area contributed by atoms with Gasteiger partial charge in [-0.2, -0.15) is 26.3 Å². The number of fused-ring (bicyclic) bond motifs is 2. The molecule has 12 nitrogen and oxygen atoms in total. The normalized spacial score (nSPS) is 26.7. The Balaban J connectivity index is 0.000000297. The maximum atomic E-state index is 16.2. The first kappa shape index (κ1) is 37.2. The molecule has 10 aromatic rings. The number of ether oxygens (including phenoxy) is 2. The van der Waals surface area contributed by atoms with Crippen molar-refractivity contribution in [3.8, 4) is 22.3 Å². The zero-order valence-electron chi connectivity index (χ0n) is 102. The maximum absolute atomic E-state index is 16.2. The Morgan fingerprint density at radius 1 is 0.585 bits per heavy atom. The molecule has 0 spiro atoms. The van der Waals surface area contributed by atoms with Crippen LogP contribution < -0.4 is 10.9 Å². The van der Waals surface area contributed by atoms with E-state index in [1.807, 2.05) is 0 Å². The highest BCUT2D eigenvalue weighted by Gasteiger charge is 2.35. The van der Waals surface area contributed by atoms with Gasteiger partial charge >= 0.3 is 12.4 Å². The molecule has 0 radical (unpaired) electrons. The van der Waals surface area contributed by atoms with Crippen LogP contribution in [-0.4, -0.2) is 119 Å². The molecule has 106 heavy (non-hydrogen) atoms. The van der Waals surface area contributed by atoms with Gasteiger partial charge in [-0.25, -0.2) is 17.6 Å². The minimum Gasteiger partial charge on any atom is -0.383 e. The zero-order chi connectivity index (χ0) is 118. The van der Waals surface area contributed by atoms with Crippen LogP contribution in [0, 0.1) is 30.2 Å². The Kier molecular flexibility index (Phi) is 12.3. The Morgan fingerprint density at radius 2 is 1.16 bits per heavy atom. The lowest BCUT2D eigenvalue weighted by atomic mass is 9.96. The summed E-state index contributed by atoms with van der Waals surface area (Å²) in [6.07, 6.45) is -29.3. The molecule has 1 atom stereocenters. The number of pyridine rings is 2. The summed E-state index contributed by atoms with van der Waals surface area (Å²) in [4.78, 5) is 56.6. The van der Waals surface area contributed by atoms with Gasteiger partial charge in [0.15, 0.2) is 34.1 Å². The molecule has 2 amide bonds. The van der Waals surface area contributed by atoms with E-state index in [9.17, 15) is 63.6 Å². The molecule has 12 rings (SSSR count). The van der Waals surface area contributed by atoms with Crippen molar-refractivity contribution in [1.29, 1.82) is 0 Å². The molecule has 2 fully saturated rings. The molecule has 2 aliphatic heterocycles. The quantitative estimate of drug-likeness (QED) is 0.0428. The molecule has 0 N–H and O–H groups in total. The average Bonchev–Trinajstić information content (AvgIpc) is 0.641. The minimum atomic E-state index is -5.60. The summed E-state index contributed by atoms with van der Waals surface area (Å²) in [7, 11) is 1.65. The van der Waals surface area contributed by atoms with Crippen LogP contribution in [0.1, 0.15) is 143 Å². The molecule has 8 aromatic carbocycles. The van der Waals surface area contributed by atoms with Crippen molar-refractivity contribution in [2.24, 2.45) is 0 Å². The van der Waals surface area contributed by atoms with Crippen LogP contribution in [0.4, 0.5) is 43.9 Å². The number of methoxy groups -OCH3 is 2. The molecule has 0 bridgehead atoms. The third-order valence-electron chi connectivity index (χ3n) is 14.4. The number of aromatic nitrogens is 2. The lowest BCUT2D eigenvalue weighted by Gasteiger charge is -2.42. The number of hydrogen-bond acceptors (Lipinski definition) is 10. The number of benzene rings is 8. The van der Waals surface area contributed by atoms with Crippen LogP contribution in [0.5, 0.6) is 0 Å². The van der Waals surface area contributed by atoms with Gasteiger partial charge in [0.2, 0.25) is 11.8 Å². The number of likely N-dealkylation sites (tertiary alicyclic amines) is 2. The van der Waals surface area contributed by atoms with Crippen molar-refractivity contribution < 1.29 is 129 Å². The van der Waals surface area contributed by atoms with Gasteiger partial charge in [0.05, 0.1) is 84.3 Å². The Hall–Kier alpha value is -9.04. The van der Waals surface area contributed by atoms with Gasteiger partial charge in [0, 0.05) is 150 Å². The Bertz CT molecular complexity index is 7330. The van der Waals surface area contributed by atoms with Crippen LogP contribution in [0.2, 0.25) is 0 Å². The number of hydrogen-bond donors (Lipinski definition) is 0. The summed E-state index contributed by atoms with van der Waals surface area (Å²) in [5, 5.41) is -4.68. The van der Waals surface area contributed by atoms with Gasteiger partial charge in [0.25, 0.3) is 0 Å². The predicted molar refractivity (Wildman–Crippen MR) is 395 cm³/mol. The fourth-order valence-electron chi connectivity index (χ4n) is 9.23. The number of piperidine rings is 2. The minimum absolute atomic E-state index is 0.125. The summed E-state index contributed by atoms with van der Waals surface area (Å²) in [5.74, 6) is -13.5. The fraction of sp³-hybridized carbons (Fsp3) is 0.317. The van der Waals surface area contributed by atoms with E-state index >= 15 is 22.8 Å². The van der Waals surface area contributed by atoms with Crippen molar-refractivity contribution in [3.05, 3.63) is 270 Å². The van der Waals surface area contributed by atoms with E-state index in [1.54, 1.807) is 0 Å². The standard InChI is InChI=1S/2C41H40F5N3O3S/c1-27(28-10-12-29(13-11-28)30-14-16-32(17-15-30)41(44,45)46)49(33-18-20-47(21-19-33)22-23-52-2)38(51)25-48-36-9-4-3-7-34(36)37(50)24-39(48)53-26-31-6-5-8-35(42)40(31)43;1-27-22-29(28-12-14-32(15-13-28)41(44,45)46)10-11-30(27)24-48(33-16-18-47(19-17-33)20-21-52-2)38(51)25-49-36-9-4-3-7-34(36)37(50)23-39(49)53-26-31-6-5-8-35(42)40(31)43/h3-17,24,27,33H,18-23,25-26H2,1-2H3;3-15,22-23,33H,16-21,24-26H2,1-2H3/i18D2,19D2,20D2,21D2,22D2,25D2,26D2,27D,33D;3D,4D,5D,6D,7D,8D,9D,10D,11D,12D,13D,14D,15D,16D2,17D2,18D2,19D2,20D2,22D,23D,24D2,25D2,26D2,33D. The second-order valence-electron chi connectivity index (χ2n) is 21.3. The first-order valence-corrected chi connectivity index (χ1v) is 31.6. The first-order chi connectivity index (χ1) is 69.5. The number of halogens is 10. The lowest BCUT2D eigenvalue weighted by molar-refractivity contribution is -0.138. The maximum Gasteiger partial charge on any atom is 0.416 e. The SMILES string of the molecule is [2H]C([2H])(Sc1cc(=O)c2ccccc2n1C([2H])([2H])C(=O)N(C([2H])(C)c1ccc(-c2ccc(C(F)(F)F)cc2)cc1)C1([2H])C([2H])([2H])C([2H])([2H])N(C([2H])([2H])COC)C([2H])([2H])C1([2H])[2H])c1cccc(F)c1F.[2H]c1c([2H])c(F)c(F)c(C([2H])([2H])Sc2c([2H])c(=O)c3c([2H])c([2H])c([2H])c([2H])c3n2C([2H])([2H])C(=O)N(C([2H])([2H])c2c([2H])c([2H])c(-c3c([2H])c([2H])c(C(F)(F)F)c([2H])c3[2H])c([2H])c2C)C2([2H])C([2H])([2H])C([2H])([2H])N(C([2H])([2H])COC)C([2H])([2H])C2([2H])[2H])c1[2H]. The van der Waals surface area contributed by atoms with Crippen molar-refractivity contribution in [1.82, 2.24) is 28.7 Å². The monoisotopic (exact) mass is 1550 g/mol. The third-order valence-corrected chi connectivity index (χ3v) is 16.0. The molecule has 4 heterocycles. The number of rotatable bonds is 24. The first-order valence-electron chi connectivity index (χ1n) is 53.9. The molecule has 2 saturated heterocycles. The molecule has 556 valence electrons. The molecule has 24 heteroatoms. The van der Waals surface area contributed by atoms with Gasteiger partial charge in [-0.1, -0.05) is 115 Å². The third kappa shape index (κ3) is 19.0. The van der Waals surface area contributed by atoms with E-state index in [0.717, 1.165) is 74.9 Å². The zero-order valence-corrected chi connectivity index (χ0v) is 56.0. The smallest absolute Gasteiger partial charge is 0.383 e. The van der Waals surface area contributed by atoms with E-state index in [2.05, 4.69) is 0 Å². The van der Waals surface area contributed by atoms with Gasteiger partial charge in [-0.15, -0.1) is 23.5 Å². The van der Waals surface area contributed by atoms with Crippen molar-refractivity contribution in [3.63, 3.8) is 0 Å². The number of alkyl halides is 6. The van der Waals surface area contributed by atoms with Crippen molar-refractivity contribution >= 4 is 57.1 Å². The highest BCUT2D eigenvalue weighted by molar-refractivity contribution is 7.98. The van der Waals surface area contributed by atoms with Crippen molar-refractivity contribution in [2.75, 3.05) is 66.4 Å². The number of thioether (sulfide) groups is 2. The van der Waals surface area contributed by atoms with E-state index in [0.29, 0.717) is 30.5 Å². The molecule has 2 aromatic heterocycles. The second kappa shape index (κ2) is 35.1. The Morgan fingerprint density at radius 3 is 1.81 bits per heavy atom.